The fraction of sp³-hybridized carbons (Fsp3) is 0.500. The van der Waals surface area contributed by atoms with Gasteiger partial charge in [0, 0.05) is 5.56 Å². The predicted molar refractivity (Wildman–Crippen MR) is 61.7 cm³/mol. The van der Waals surface area contributed by atoms with E-state index >= 15 is 0 Å². The fourth-order valence-electron chi connectivity index (χ4n) is 1.89. The summed E-state index contributed by atoms with van der Waals surface area (Å²) < 4.78 is 43.5. The molecule has 0 aliphatic carbocycles. The maximum absolute atomic E-state index is 12.9. The Morgan fingerprint density at radius 3 is 2.44 bits per heavy atom. The molecule has 1 rings (SSSR count). The van der Waals surface area contributed by atoms with E-state index in [1.165, 1.54) is 7.11 Å². The Hall–Kier alpha value is -1.43. The number of methoxy groups -OCH3 is 1. The second kappa shape index (κ2) is 5.48. The summed E-state index contributed by atoms with van der Waals surface area (Å²) in [6.07, 6.45) is -4.16. The number of rotatable bonds is 4. The molecule has 0 radical (unpaired) electrons. The van der Waals surface area contributed by atoms with Crippen LogP contribution >= 0.6 is 0 Å². The van der Waals surface area contributed by atoms with E-state index in [2.05, 4.69) is 0 Å². The van der Waals surface area contributed by atoms with Gasteiger partial charge >= 0.3 is 6.18 Å². The SMILES string of the molecule is COc1ccc(C(F)(F)F)c(C(C)CCN)c1O. The van der Waals surface area contributed by atoms with Crippen LogP contribution in [0, 0.1) is 0 Å². The third-order valence-electron chi connectivity index (χ3n) is 2.80. The van der Waals surface area contributed by atoms with Crippen LogP contribution in [0.3, 0.4) is 0 Å². The largest absolute Gasteiger partial charge is 0.504 e. The van der Waals surface area contributed by atoms with E-state index in [1.54, 1.807) is 6.92 Å². The lowest BCUT2D eigenvalue weighted by atomic mass is 9.91. The molecule has 6 heteroatoms. The first-order valence-electron chi connectivity index (χ1n) is 5.50. The molecule has 1 aromatic carbocycles. The van der Waals surface area contributed by atoms with Gasteiger partial charge in [-0.2, -0.15) is 13.2 Å². The van der Waals surface area contributed by atoms with E-state index in [0.717, 1.165) is 12.1 Å². The van der Waals surface area contributed by atoms with Crippen molar-refractivity contribution in [3.8, 4) is 11.5 Å². The van der Waals surface area contributed by atoms with Gasteiger partial charge in [0.2, 0.25) is 0 Å². The van der Waals surface area contributed by atoms with Gasteiger partial charge in [-0.25, -0.2) is 0 Å². The van der Waals surface area contributed by atoms with E-state index in [0.29, 0.717) is 6.42 Å². The van der Waals surface area contributed by atoms with Gasteiger partial charge in [-0.15, -0.1) is 0 Å². The van der Waals surface area contributed by atoms with Crippen molar-refractivity contribution in [1.82, 2.24) is 0 Å². The van der Waals surface area contributed by atoms with Crippen molar-refractivity contribution in [3.05, 3.63) is 23.3 Å². The Kier molecular flexibility index (Phi) is 4.45. The lowest BCUT2D eigenvalue weighted by Crippen LogP contribution is -2.13. The maximum atomic E-state index is 12.9. The molecule has 3 nitrogen and oxygen atoms in total. The highest BCUT2D eigenvalue weighted by molar-refractivity contribution is 5.52. The molecule has 0 bridgehead atoms. The van der Waals surface area contributed by atoms with Gasteiger partial charge in [-0.05, 0) is 31.0 Å². The van der Waals surface area contributed by atoms with Crippen molar-refractivity contribution in [1.29, 1.82) is 0 Å². The number of aromatic hydroxyl groups is 1. The third-order valence-corrected chi connectivity index (χ3v) is 2.80. The van der Waals surface area contributed by atoms with Gasteiger partial charge in [0.1, 0.15) is 0 Å². The van der Waals surface area contributed by atoms with Gasteiger partial charge in [-0.3, -0.25) is 0 Å². The van der Waals surface area contributed by atoms with Gasteiger partial charge < -0.3 is 15.6 Å². The van der Waals surface area contributed by atoms with Crippen molar-refractivity contribution >= 4 is 0 Å². The first-order chi connectivity index (χ1) is 8.32. The lowest BCUT2D eigenvalue weighted by molar-refractivity contribution is -0.138. The van der Waals surface area contributed by atoms with Crippen LogP contribution in [-0.2, 0) is 6.18 Å². The minimum atomic E-state index is -4.51. The Bertz CT molecular complexity index is 419. The number of nitrogens with two attached hydrogens (primary N) is 1. The average Bonchev–Trinajstić information content (AvgIpc) is 2.27. The van der Waals surface area contributed by atoms with Crippen LogP contribution in [0.1, 0.15) is 30.4 Å². The summed E-state index contributed by atoms with van der Waals surface area (Å²) in [5, 5.41) is 9.86. The van der Waals surface area contributed by atoms with E-state index in [9.17, 15) is 18.3 Å². The van der Waals surface area contributed by atoms with Crippen LogP contribution in [0.5, 0.6) is 11.5 Å². The third kappa shape index (κ3) is 2.87. The smallest absolute Gasteiger partial charge is 0.416 e. The van der Waals surface area contributed by atoms with Crippen LogP contribution < -0.4 is 10.5 Å². The zero-order chi connectivity index (χ0) is 13.9. The molecule has 0 aliphatic heterocycles. The number of alkyl halides is 3. The molecule has 3 N–H and O–H groups in total. The first-order valence-corrected chi connectivity index (χ1v) is 5.50. The Labute approximate surface area is 103 Å². The zero-order valence-corrected chi connectivity index (χ0v) is 10.2. The molecule has 0 aromatic heterocycles. The molecule has 0 saturated heterocycles. The van der Waals surface area contributed by atoms with E-state index in [-0.39, 0.29) is 17.9 Å². The predicted octanol–water partition coefficient (Wildman–Crippen LogP) is 2.87. The molecule has 0 amide bonds. The van der Waals surface area contributed by atoms with Crippen LogP contribution in [-0.4, -0.2) is 18.8 Å². The summed E-state index contributed by atoms with van der Waals surface area (Å²) in [5.41, 5.74) is 4.35. The number of phenolic OH excluding ortho intramolecular Hbond substituents is 1. The van der Waals surface area contributed by atoms with Crippen LogP contribution in [0.4, 0.5) is 13.2 Å². The van der Waals surface area contributed by atoms with Gasteiger partial charge in [-0.1, -0.05) is 6.92 Å². The molecule has 18 heavy (non-hydrogen) atoms. The molecule has 102 valence electrons. The standard InChI is InChI=1S/C12H16F3NO2/c1-7(5-6-16)10-8(12(13,14)15)3-4-9(18-2)11(10)17/h3-4,7,17H,5-6,16H2,1-2H3. The summed E-state index contributed by atoms with van der Waals surface area (Å²) in [4.78, 5) is 0. The number of benzene rings is 1. The molecule has 1 unspecified atom stereocenters. The Morgan fingerprint density at radius 1 is 1.39 bits per heavy atom. The highest BCUT2D eigenvalue weighted by atomic mass is 19.4. The topological polar surface area (TPSA) is 55.5 Å². The fourth-order valence-corrected chi connectivity index (χ4v) is 1.89. The molecule has 0 fully saturated rings. The summed E-state index contributed by atoms with van der Waals surface area (Å²) >= 11 is 0. The molecule has 1 atom stereocenters. The van der Waals surface area contributed by atoms with Gasteiger partial charge in [0.05, 0.1) is 12.7 Å². The van der Waals surface area contributed by atoms with Crippen LogP contribution in [0.2, 0.25) is 0 Å². The summed E-state index contributed by atoms with van der Waals surface area (Å²) in [6, 6.07) is 2.03. The Balaban J connectivity index is 3.40. The molecule has 0 aliphatic rings. The van der Waals surface area contributed by atoms with Gasteiger partial charge in [0.25, 0.3) is 0 Å². The minimum Gasteiger partial charge on any atom is -0.504 e. The summed E-state index contributed by atoms with van der Waals surface area (Å²) in [5.74, 6) is -0.933. The summed E-state index contributed by atoms with van der Waals surface area (Å²) in [7, 11) is 1.29. The number of hydrogen-bond donors (Lipinski definition) is 2. The number of ether oxygens (including phenoxy) is 1. The molecular weight excluding hydrogens is 247 g/mol. The second-order valence-electron chi connectivity index (χ2n) is 4.05. The van der Waals surface area contributed by atoms with Crippen molar-refractivity contribution in [2.24, 2.45) is 5.73 Å². The number of halogens is 3. The highest BCUT2D eigenvalue weighted by Crippen LogP contribution is 2.44. The van der Waals surface area contributed by atoms with Crippen LogP contribution in [0.25, 0.3) is 0 Å². The highest BCUT2D eigenvalue weighted by Gasteiger charge is 2.36. The Morgan fingerprint density at radius 2 is 2.00 bits per heavy atom. The quantitative estimate of drug-likeness (QED) is 0.878. The van der Waals surface area contributed by atoms with Gasteiger partial charge in [0.15, 0.2) is 11.5 Å². The van der Waals surface area contributed by atoms with E-state index < -0.39 is 23.4 Å². The molecule has 0 saturated carbocycles. The van der Waals surface area contributed by atoms with Crippen molar-refractivity contribution in [2.45, 2.75) is 25.4 Å². The molecule has 1 aromatic rings. The number of phenols is 1. The normalized spacial score (nSPS) is 13.4. The van der Waals surface area contributed by atoms with Crippen molar-refractivity contribution < 1.29 is 23.0 Å². The minimum absolute atomic E-state index is 0.0295. The van der Waals surface area contributed by atoms with E-state index in [4.69, 9.17) is 10.5 Å². The first kappa shape index (κ1) is 14.6. The van der Waals surface area contributed by atoms with E-state index in [1.807, 2.05) is 0 Å². The average molecular weight is 263 g/mol. The van der Waals surface area contributed by atoms with Crippen molar-refractivity contribution in [3.63, 3.8) is 0 Å². The zero-order valence-electron chi connectivity index (χ0n) is 10.2. The van der Waals surface area contributed by atoms with Crippen molar-refractivity contribution in [2.75, 3.05) is 13.7 Å². The monoisotopic (exact) mass is 263 g/mol. The second-order valence-corrected chi connectivity index (χ2v) is 4.05. The lowest BCUT2D eigenvalue weighted by Gasteiger charge is -2.20. The maximum Gasteiger partial charge on any atom is 0.416 e. The molecular formula is C12H16F3NO2. The number of hydrogen-bond acceptors (Lipinski definition) is 3. The molecule has 0 heterocycles. The summed E-state index contributed by atoms with van der Waals surface area (Å²) in [6.45, 7) is 1.84. The van der Waals surface area contributed by atoms with Crippen LogP contribution in [0.15, 0.2) is 12.1 Å². The molecule has 0 spiro atoms.